The zero-order valence-corrected chi connectivity index (χ0v) is 15.8. The van der Waals surface area contributed by atoms with Gasteiger partial charge in [0.25, 0.3) is 0 Å². The molecule has 0 saturated carbocycles. The van der Waals surface area contributed by atoms with Gasteiger partial charge in [0.1, 0.15) is 6.61 Å². The van der Waals surface area contributed by atoms with Crippen LogP contribution >= 0.6 is 0 Å². The maximum absolute atomic E-state index is 12.1. The second kappa shape index (κ2) is 10.7. The van der Waals surface area contributed by atoms with Crippen LogP contribution in [-0.4, -0.2) is 44.7 Å². The molecule has 2 amide bonds. The molecule has 0 spiro atoms. The van der Waals surface area contributed by atoms with Gasteiger partial charge < -0.3 is 20.1 Å². The molecular formula is C20H23N3O5. The molecule has 0 heterocycles. The van der Waals surface area contributed by atoms with E-state index in [2.05, 4.69) is 16.0 Å². The fourth-order valence-corrected chi connectivity index (χ4v) is 2.28. The van der Waals surface area contributed by atoms with Gasteiger partial charge in [0.05, 0.1) is 13.2 Å². The molecule has 2 aromatic rings. The van der Waals surface area contributed by atoms with Crippen molar-refractivity contribution in [1.29, 1.82) is 0 Å². The van der Waals surface area contributed by atoms with Gasteiger partial charge in [-0.05, 0) is 37.3 Å². The minimum absolute atomic E-state index is 0.0199. The summed E-state index contributed by atoms with van der Waals surface area (Å²) in [4.78, 5) is 35.2. The van der Waals surface area contributed by atoms with E-state index in [4.69, 9.17) is 9.47 Å². The maximum Gasteiger partial charge on any atom is 0.411 e. The lowest BCUT2D eigenvalue weighted by molar-refractivity contribution is -0.114. The minimum Gasteiger partial charge on any atom is -0.447 e. The van der Waals surface area contributed by atoms with Gasteiger partial charge in [-0.3, -0.25) is 14.9 Å². The molecule has 3 N–H and O–H groups in total. The lowest BCUT2D eigenvalue weighted by Crippen LogP contribution is -2.22. The number of Topliss-reactive ketones (excluding diaryl/α,β-unsaturated/α-hetero) is 1. The molecule has 2 aromatic carbocycles. The standard InChI is InChI=1S/C20H23N3O5/c1-14(24)15-5-3-7-17(11-15)22-19(25)13-21-16-6-4-8-18(12-16)23-20(26)28-10-9-27-2/h3-8,11-12,21H,9-10,13H2,1-2H3,(H,22,25)(H,23,26). The Hall–Kier alpha value is -3.39. The molecule has 28 heavy (non-hydrogen) atoms. The molecule has 0 saturated heterocycles. The number of rotatable bonds is 9. The molecule has 0 aromatic heterocycles. The predicted octanol–water partition coefficient (Wildman–Crippen LogP) is 3.13. The number of anilines is 3. The first-order valence-corrected chi connectivity index (χ1v) is 8.65. The van der Waals surface area contributed by atoms with Gasteiger partial charge in [0.2, 0.25) is 5.91 Å². The van der Waals surface area contributed by atoms with Crippen LogP contribution in [0.25, 0.3) is 0 Å². The van der Waals surface area contributed by atoms with Crippen molar-refractivity contribution in [2.45, 2.75) is 6.92 Å². The van der Waals surface area contributed by atoms with E-state index in [1.165, 1.54) is 14.0 Å². The summed E-state index contributed by atoms with van der Waals surface area (Å²) >= 11 is 0. The number of methoxy groups -OCH3 is 1. The predicted molar refractivity (Wildman–Crippen MR) is 107 cm³/mol. The molecule has 0 aliphatic carbocycles. The molecule has 0 unspecified atom stereocenters. The van der Waals surface area contributed by atoms with Gasteiger partial charge in [0.15, 0.2) is 5.78 Å². The normalized spacial score (nSPS) is 10.1. The summed E-state index contributed by atoms with van der Waals surface area (Å²) in [6.07, 6.45) is -0.586. The number of hydrogen-bond donors (Lipinski definition) is 3. The van der Waals surface area contributed by atoms with E-state index < -0.39 is 6.09 Å². The van der Waals surface area contributed by atoms with Crippen molar-refractivity contribution in [2.75, 3.05) is 42.8 Å². The van der Waals surface area contributed by atoms with Crippen LogP contribution in [0.3, 0.4) is 0 Å². The summed E-state index contributed by atoms with van der Waals surface area (Å²) in [5.41, 5.74) is 2.26. The summed E-state index contributed by atoms with van der Waals surface area (Å²) in [5, 5.41) is 8.30. The molecule has 0 atom stereocenters. The monoisotopic (exact) mass is 385 g/mol. The number of ether oxygens (including phenoxy) is 2. The Labute approximate surface area is 163 Å². The Morgan fingerprint density at radius 1 is 0.893 bits per heavy atom. The van der Waals surface area contributed by atoms with Crippen LogP contribution in [0.2, 0.25) is 0 Å². The van der Waals surface area contributed by atoms with E-state index in [0.29, 0.717) is 29.2 Å². The Bertz CT molecular complexity index is 838. The van der Waals surface area contributed by atoms with E-state index in [1.807, 2.05) is 0 Å². The number of benzene rings is 2. The van der Waals surface area contributed by atoms with Gasteiger partial charge in [-0.15, -0.1) is 0 Å². The number of nitrogens with one attached hydrogen (secondary N) is 3. The van der Waals surface area contributed by atoms with E-state index in [9.17, 15) is 14.4 Å². The lowest BCUT2D eigenvalue weighted by atomic mass is 10.1. The maximum atomic E-state index is 12.1. The van der Waals surface area contributed by atoms with Crippen molar-refractivity contribution in [1.82, 2.24) is 0 Å². The molecular weight excluding hydrogens is 362 g/mol. The summed E-state index contributed by atoms with van der Waals surface area (Å²) in [5.74, 6) is -0.336. The van der Waals surface area contributed by atoms with Crippen LogP contribution in [0, 0.1) is 0 Å². The fraction of sp³-hybridized carbons (Fsp3) is 0.250. The summed E-state index contributed by atoms with van der Waals surface area (Å²) in [6.45, 7) is 1.97. The lowest BCUT2D eigenvalue weighted by Gasteiger charge is -2.11. The number of amides is 2. The first-order valence-electron chi connectivity index (χ1n) is 8.65. The highest BCUT2D eigenvalue weighted by atomic mass is 16.6. The van der Waals surface area contributed by atoms with Crippen molar-refractivity contribution >= 4 is 34.8 Å². The second-order valence-corrected chi connectivity index (χ2v) is 5.87. The molecule has 2 rings (SSSR count). The average Bonchev–Trinajstić information content (AvgIpc) is 2.67. The van der Waals surface area contributed by atoms with Gasteiger partial charge in [0, 0.05) is 29.7 Å². The van der Waals surface area contributed by atoms with Crippen LogP contribution in [-0.2, 0) is 14.3 Å². The molecule has 8 heteroatoms. The van der Waals surface area contributed by atoms with E-state index >= 15 is 0 Å². The highest BCUT2D eigenvalue weighted by Gasteiger charge is 2.07. The van der Waals surface area contributed by atoms with E-state index in [0.717, 1.165) is 0 Å². The Balaban J connectivity index is 1.85. The summed E-state index contributed by atoms with van der Waals surface area (Å²) < 4.78 is 9.74. The highest BCUT2D eigenvalue weighted by Crippen LogP contribution is 2.15. The van der Waals surface area contributed by atoms with Crippen molar-refractivity contribution in [3.63, 3.8) is 0 Å². The Kier molecular flexibility index (Phi) is 7.98. The summed E-state index contributed by atoms with van der Waals surface area (Å²) in [7, 11) is 1.52. The molecule has 0 aliphatic heterocycles. The van der Waals surface area contributed by atoms with Crippen molar-refractivity contribution in [3.05, 3.63) is 54.1 Å². The molecule has 8 nitrogen and oxygen atoms in total. The van der Waals surface area contributed by atoms with Crippen molar-refractivity contribution in [3.8, 4) is 0 Å². The smallest absolute Gasteiger partial charge is 0.411 e. The van der Waals surface area contributed by atoms with Crippen LogP contribution in [0.5, 0.6) is 0 Å². The first-order chi connectivity index (χ1) is 13.5. The third-order valence-electron chi connectivity index (χ3n) is 3.64. The van der Waals surface area contributed by atoms with Gasteiger partial charge in [-0.1, -0.05) is 18.2 Å². The Morgan fingerprint density at radius 3 is 2.29 bits per heavy atom. The second-order valence-electron chi connectivity index (χ2n) is 5.87. The number of carbonyl (C=O) groups is 3. The molecule has 0 fully saturated rings. The average molecular weight is 385 g/mol. The van der Waals surface area contributed by atoms with E-state index in [1.54, 1.807) is 48.5 Å². The molecule has 148 valence electrons. The molecule has 0 bridgehead atoms. The fourth-order valence-electron chi connectivity index (χ4n) is 2.28. The quantitative estimate of drug-likeness (QED) is 0.452. The largest absolute Gasteiger partial charge is 0.447 e. The molecule has 0 radical (unpaired) electrons. The van der Waals surface area contributed by atoms with Crippen LogP contribution in [0.15, 0.2) is 48.5 Å². The SMILES string of the molecule is COCCOC(=O)Nc1cccc(NCC(=O)Nc2cccc(C(C)=O)c2)c1. The van der Waals surface area contributed by atoms with Crippen molar-refractivity contribution in [2.24, 2.45) is 0 Å². The summed E-state index contributed by atoms with van der Waals surface area (Å²) in [6, 6.07) is 13.6. The third kappa shape index (κ3) is 7.08. The van der Waals surface area contributed by atoms with E-state index in [-0.39, 0.29) is 24.8 Å². The number of ketones is 1. The third-order valence-corrected chi connectivity index (χ3v) is 3.64. The van der Waals surface area contributed by atoms with Crippen LogP contribution < -0.4 is 16.0 Å². The zero-order valence-electron chi connectivity index (χ0n) is 15.8. The molecule has 0 aliphatic rings. The van der Waals surface area contributed by atoms with Gasteiger partial charge in [-0.2, -0.15) is 0 Å². The van der Waals surface area contributed by atoms with Crippen LogP contribution in [0.4, 0.5) is 21.9 Å². The highest BCUT2D eigenvalue weighted by molar-refractivity contribution is 5.98. The van der Waals surface area contributed by atoms with Gasteiger partial charge >= 0.3 is 6.09 Å². The zero-order chi connectivity index (χ0) is 20.4. The van der Waals surface area contributed by atoms with Crippen molar-refractivity contribution < 1.29 is 23.9 Å². The first kappa shape index (κ1) is 20.9. The number of hydrogen-bond acceptors (Lipinski definition) is 6. The minimum atomic E-state index is -0.586. The topological polar surface area (TPSA) is 106 Å². The Morgan fingerprint density at radius 2 is 1.57 bits per heavy atom. The van der Waals surface area contributed by atoms with Crippen LogP contribution in [0.1, 0.15) is 17.3 Å². The van der Waals surface area contributed by atoms with Gasteiger partial charge in [-0.25, -0.2) is 4.79 Å². The number of carbonyl (C=O) groups excluding carboxylic acids is 3.